The number of pyridine rings is 1. The smallest absolute Gasteiger partial charge is 0.127 e. The van der Waals surface area contributed by atoms with Crippen LogP contribution in [0.4, 0.5) is 5.82 Å². The Kier molecular flexibility index (Phi) is 8.92. The number of aromatic nitrogens is 1. The Bertz CT molecular complexity index is 315. The minimum atomic E-state index is 0.892. The topological polar surface area (TPSA) is 24.9 Å². The molecule has 0 aromatic carbocycles. The summed E-state index contributed by atoms with van der Waals surface area (Å²) in [6.45, 7) is 3.29. The number of rotatable bonds is 10. The number of nitrogens with zero attached hydrogens (tertiary/aromatic N) is 1. The zero-order chi connectivity index (χ0) is 13.1. The predicted molar refractivity (Wildman–Crippen MR) is 83.0 cm³/mol. The van der Waals surface area contributed by atoms with Gasteiger partial charge in [-0.1, -0.05) is 57.9 Å². The molecule has 1 N–H and O–H groups in total. The molecule has 0 saturated carbocycles. The second kappa shape index (κ2) is 10.4. The van der Waals surface area contributed by atoms with Crippen LogP contribution in [0.25, 0.3) is 0 Å². The number of hydrogen-bond donors (Lipinski definition) is 1. The molecule has 18 heavy (non-hydrogen) atoms. The molecule has 0 aliphatic carbocycles. The Labute approximate surface area is 120 Å². The highest BCUT2D eigenvalue weighted by Gasteiger charge is 1.95. The molecular formula is C15H25BrN2. The standard InChI is InChI=1S/C15H25BrN2/c1-2-3-4-5-6-7-8-9-13-17-15-12-10-11-14(16)18-15/h10-12H,2-9,13H2,1H3,(H,17,18). The van der Waals surface area contributed by atoms with Crippen LogP contribution in [-0.4, -0.2) is 11.5 Å². The van der Waals surface area contributed by atoms with Gasteiger partial charge in [-0.3, -0.25) is 0 Å². The maximum absolute atomic E-state index is 4.35. The molecule has 0 bridgehead atoms. The molecule has 3 heteroatoms. The van der Waals surface area contributed by atoms with E-state index in [-0.39, 0.29) is 0 Å². The lowest BCUT2D eigenvalue weighted by atomic mass is 10.1. The second-order valence-corrected chi connectivity index (χ2v) is 5.56. The molecule has 0 fully saturated rings. The van der Waals surface area contributed by atoms with Crippen molar-refractivity contribution >= 4 is 21.7 Å². The van der Waals surface area contributed by atoms with Crippen LogP contribution >= 0.6 is 15.9 Å². The van der Waals surface area contributed by atoms with Gasteiger partial charge in [-0.2, -0.15) is 0 Å². The van der Waals surface area contributed by atoms with E-state index in [1.807, 2.05) is 18.2 Å². The van der Waals surface area contributed by atoms with Gasteiger partial charge >= 0.3 is 0 Å². The van der Waals surface area contributed by atoms with Crippen molar-refractivity contribution < 1.29 is 0 Å². The lowest BCUT2D eigenvalue weighted by Crippen LogP contribution is -2.03. The highest BCUT2D eigenvalue weighted by Crippen LogP contribution is 2.11. The first-order chi connectivity index (χ1) is 8.83. The summed E-state index contributed by atoms with van der Waals surface area (Å²) in [6, 6.07) is 5.96. The number of nitrogens with one attached hydrogen (secondary N) is 1. The third-order valence-electron chi connectivity index (χ3n) is 3.05. The SMILES string of the molecule is CCCCCCCCCCNc1cccc(Br)n1. The van der Waals surface area contributed by atoms with Crippen LogP contribution in [0, 0.1) is 0 Å². The van der Waals surface area contributed by atoms with Crippen molar-refractivity contribution in [3.05, 3.63) is 22.8 Å². The summed E-state index contributed by atoms with van der Waals surface area (Å²) in [5, 5.41) is 3.36. The zero-order valence-electron chi connectivity index (χ0n) is 11.4. The van der Waals surface area contributed by atoms with Gasteiger partial charge in [0.15, 0.2) is 0 Å². The average Bonchev–Trinajstić information content (AvgIpc) is 2.37. The van der Waals surface area contributed by atoms with E-state index in [2.05, 4.69) is 33.2 Å². The monoisotopic (exact) mass is 312 g/mol. The Hall–Kier alpha value is -0.570. The van der Waals surface area contributed by atoms with E-state index >= 15 is 0 Å². The van der Waals surface area contributed by atoms with Crippen molar-refractivity contribution in [3.8, 4) is 0 Å². The van der Waals surface area contributed by atoms with Gasteiger partial charge in [0.25, 0.3) is 0 Å². The van der Waals surface area contributed by atoms with Gasteiger partial charge < -0.3 is 5.32 Å². The molecular weight excluding hydrogens is 288 g/mol. The van der Waals surface area contributed by atoms with Crippen molar-refractivity contribution in [2.24, 2.45) is 0 Å². The van der Waals surface area contributed by atoms with Crippen LogP contribution < -0.4 is 5.32 Å². The Morgan fingerprint density at radius 2 is 1.67 bits per heavy atom. The minimum absolute atomic E-state index is 0.892. The van der Waals surface area contributed by atoms with E-state index in [1.54, 1.807) is 0 Å². The predicted octanol–water partition coefficient (Wildman–Crippen LogP) is 5.40. The number of anilines is 1. The lowest BCUT2D eigenvalue weighted by molar-refractivity contribution is 0.581. The Morgan fingerprint density at radius 3 is 2.33 bits per heavy atom. The van der Waals surface area contributed by atoms with E-state index in [0.717, 1.165) is 17.0 Å². The van der Waals surface area contributed by atoms with Gasteiger partial charge in [0.05, 0.1) is 0 Å². The van der Waals surface area contributed by atoms with Crippen molar-refractivity contribution in [1.29, 1.82) is 0 Å². The van der Waals surface area contributed by atoms with E-state index in [9.17, 15) is 0 Å². The third-order valence-corrected chi connectivity index (χ3v) is 3.49. The third kappa shape index (κ3) is 7.70. The van der Waals surface area contributed by atoms with Gasteiger partial charge in [-0.15, -0.1) is 0 Å². The van der Waals surface area contributed by atoms with E-state index < -0.39 is 0 Å². The molecule has 1 rings (SSSR count). The molecule has 0 aliphatic heterocycles. The average molecular weight is 313 g/mol. The fourth-order valence-corrected chi connectivity index (χ4v) is 2.33. The summed E-state index contributed by atoms with van der Waals surface area (Å²) >= 11 is 3.37. The zero-order valence-corrected chi connectivity index (χ0v) is 13.0. The summed E-state index contributed by atoms with van der Waals surface area (Å²) in [6.07, 6.45) is 10.9. The first kappa shape index (κ1) is 15.5. The largest absolute Gasteiger partial charge is 0.370 e. The first-order valence-corrected chi connectivity index (χ1v) is 7.98. The maximum Gasteiger partial charge on any atom is 0.127 e. The van der Waals surface area contributed by atoms with Crippen LogP contribution in [0.5, 0.6) is 0 Å². The van der Waals surface area contributed by atoms with Crippen molar-refractivity contribution in [1.82, 2.24) is 4.98 Å². The molecule has 0 atom stereocenters. The lowest BCUT2D eigenvalue weighted by Gasteiger charge is -2.05. The summed E-state index contributed by atoms with van der Waals surface area (Å²) in [7, 11) is 0. The van der Waals surface area contributed by atoms with E-state index in [0.29, 0.717) is 0 Å². The summed E-state index contributed by atoms with van der Waals surface area (Å²) in [5.41, 5.74) is 0. The summed E-state index contributed by atoms with van der Waals surface area (Å²) in [4.78, 5) is 4.35. The van der Waals surface area contributed by atoms with Gasteiger partial charge in [0.1, 0.15) is 10.4 Å². The molecule has 1 heterocycles. The quantitative estimate of drug-likeness (QED) is 0.462. The fourth-order valence-electron chi connectivity index (χ4n) is 1.98. The van der Waals surface area contributed by atoms with Gasteiger partial charge in [-0.25, -0.2) is 4.98 Å². The van der Waals surface area contributed by atoms with Crippen LogP contribution in [0.1, 0.15) is 58.3 Å². The highest BCUT2D eigenvalue weighted by atomic mass is 79.9. The Balaban J connectivity index is 1.92. The number of halogens is 1. The van der Waals surface area contributed by atoms with Crippen LogP contribution in [0.15, 0.2) is 22.8 Å². The van der Waals surface area contributed by atoms with Crippen LogP contribution in [-0.2, 0) is 0 Å². The van der Waals surface area contributed by atoms with Gasteiger partial charge in [0, 0.05) is 6.54 Å². The van der Waals surface area contributed by atoms with E-state index in [1.165, 1.54) is 51.4 Å². The molecule has 0 amide bonds. The summed E-state index contributed by atoms with van der Waals surface area (Å²) < 4.78 is 0.892. The minimum Gasteiger partial charge on any atom is -0.370 e. The van der Waals surface area contributed by atoms with E-state index in [4.69, 9.17) is 0 Å². The van der Waals surface area contributed by atoms with Crippen LogP contribution in [0.3, 0.4) is 0 Å². The summed E-state index contributed by atoms with van der Waals surface area (Å²) in [5.74, 6) is 0.965. The molecule has 0 unspecified atom stereocenters. The van der Waals surface area contributed by atoms with Gasteiger partial charge in [-0.05, 0) is 34.5 Å². The maximum atomic E-state index is 4.35. The molecule has 0 spiro atoms. The molecule has 1 aromatic rings. The molecule has 1 aromatic heterocycles. The number of hydrogen-bond acceptors (Lipinski definition) is 2. The van der Waals surface area contributed by atoms with Crippen molar-refractivity contribution in [2.45, 2.75) is 58.3 Å². The van der Waals surface area contributed by atoms with Crippen LogP contribution in [0.2, 0.25) is 0 Å². The fraction of sp³-hybridized carbons (Fsp3) is 0.667. The number of unbranched alkanes of at least 4 members (excludes halogenated alkanes) is 7. The van der Waals surface area contributed by atoms with Crippen molar-refractivity contribution in [2.75, 3.05) is 11.9 Å². The molecule has 0 aliphatic rings. The van der Waals surface area contributed by atoms with Gasteiger partial charge in [0.2, 0.25) is 0 Å². The molecule has 102 valence electrons. The normalized spacial score (nSPS) is 10.6. The molecule has 0 saturated heterocycles. The first-order valence-electron chi connectivity index (χ1n) is 7.19. The second-order valence-electron chi connectivity index (χ2n) is 4.75. The highest BCUT2D eigenvalue weighted by molar-refractivity contribution is 9.10. The molecule has 0 radical (unpaired) electrons. The van der Waals surface area contributed by atoms with Crippen molar-refractivity contribution in [3.63, 3.8) is 0 Å². The Morgan fingerprint density at radius 1 is 1.00 bits per heavy atom. The molecule has 2 nitrogen and oxygen atoms in total.